The fourth-order valence-corrected chi connectivity index (χ4v) is 2.16. The first kappa shape index (κ1) is 16.0. The number of likely N-dealkylation sites (N-methyl/N-ethyl adjacent to an activating group) is 1. The number of carbonyl (C=O) groups is 1. The molecule has 116 valence electrons. The number of anilines is 1. The van der Waals surface area contributed by atoms with Gasteiger partial charge in [0.25, 0.3) is 5.91 Å². The zero-order valence-corrected chi connectivity index (χ0v) is 13.3. The minimum absolute atomic E-state index is 0.0755. The van der Waals surface area contributed by atoms with E-state index in [2.05, 4.69) is 10.3 Å². The van der Waals surface area contributed by atoms with Gasteiger partial charge in [0.15, 0.2) is 0 Å². The largest absolute Gasteiger partial charge is 0.379 e. The summed E-state index contributed by atoms with van der Waals surface area (Å²) in [6, 6.07) is 3.31. The van der Waals surface area contributed by atoms with Gasteiger partial charge >= 0.3 is 0 Å². The highest BCUT2D eigenvalue weighted by molar-refractivity contribution is 6.29. The first-order chi connectivity index (χ1) is 10.1. The summed E-state index contributed by atoms with van der Waals surface area (Å²) in [4.78, 5) is 18.1. The van der Waals surface area contributed by atoms with E-state index in [4.69, 9.17) is 16.3 Å². The van der Waals surface area contributed by atoms with Gasteiger partial charge in [-0.3, -0.25) is 4.79 Å². The molecule has 1 aliphatic rings. The number of nitrogens with zero attached hydrogens (tertiary/aromatic N) is 2. The van der Waals surface area contributed by atoms with Crippen LogP contribution in [0.25, 0.3) is 0 Å². The van der Waals surface area contributed by atoms with E-state index in [1.807, 2.05) is 6.92 Å². The zero-order chi connectivity index (χ0) is 15.2. The van der Waals surface area contributed by atoms with Gasteiger partial charge in [-0.25, -0.2) is 4.98 Å². The van der Waals surface area contributed by atoms with Gasteiger partial charge in [-0.15, -0.1) is 0 Å². The Balaban J connectivity index is 1.87. The lowest BCUT2D eigenvalue weighted by Gasteiger charge is -2.18. The first-order valence-electron chi connectivity index (χ1n) is 7.34. The second kappa shape index (κ2) is 7.61. The molecule has 1 saturated carbocycles. The SMILES string of the molecule is CCNc1cc(C(=O)N(C)CCOCC2CC2)cc(Cl)n1. The molecule has 0 unspecified atom stereocenters. The zero-order valence-electron chi connectivity index (χ0n) is 12.6. The van der Waals surface area contributed by atoms with Gasteiger partial charge in [0.05, 0.1) is 6.61 Å². The maximum absolute atomic E-state index is 12.3. The van der Waals surface area contributed by atoms with Crippen molar-refractivity contribution in [1.82, 2.24) is 9.88 Å². The quantitative estimate of drug-likeness (QED) is 0.592. The van der Waals surface area contributed by atoms with Gasteiger partial charge in [0.2, 0.25) is 0 Å². The molecule has 0 aliphatic heterocycles. The number of rotatable bonds is 8. The Hall–Kier alpha value is -1.33. The summed E-state index contributed by atoms with van der Waals surface area (Å²) < 4.78 is 5.56. The van der Waals surface area contributed by atoms with Gasteiger partial charge in [-0.1, -0.05) is 11.6 Å². The van der Waals surface area contributed by atoms with Crippen molar-refractivity contribution in [2.24, 2.45) is 5.92 Å². The second-order valence-electron chi connectivity index (χ2n) is 5.34. The van der Waals surface area contributed by atoms with E-state index in [1.54, 1.807) is 24.1 Å². The molecule has 0 spiro atoms. The van der Waals surface area contributed by atoms with Crippen LogP contribution in [0.5, 0.6) is 0 Å². The highest BCUT2D eigenvalue weighted by Crippen LogP contribution is 2.28. The minimum Gasteiger partial charge on any atom is -0.379 e. The molecule has 0 aromatic carbocycles. The molecule has 6 heteroatoms. The number of hydrogen-bond acceptors (Lipinski definition) is 4. The summed E-state index contributed by atoms with van der Waals surface area (Å²) in [5.74, 6) is 1.29. The Morgan fingerprint density at radius 2 is 2.29 bits per heavy atom. The van der Waals surface area contributed by atoms with Crippen LogP contribution in [0, 0.1) is 5.92 Å². The van der Waals surface area contributed by atoms with Crippen LogP contribution in [-0.4, -0.2) is 49.1 Å². The van der Waals surface area contributed by atoms with E-state index in [1.165, 1.54) is 12.8 Å². The Bertz CT molecular complexity index is 492. The molecule has 1 aliphatic carbocycles. The van der Waals surface area contributed by atoms with Crippen molar-refractivity contribution in [3.63, 3.8) is 0 Å². The molecule has 1 aromatic heterocycles. The Morgan fingerprint density at radius 1 is 1.52 bits per heavy atom. The van der Waals surface area contributed by atoms with Crippen LogP contribution in [0.3, 0.4) is 0 Å². The van der Waals surface area contributed by atoms with Gasteiger partial charge in [0.1, 0.15) is 11.0 Å². The van der Waals surface area contributed by atoms with Crippen molar-refractivity contribution < 1.29 is 9.53 Å². The van der Waals surface area contributed by atoms with E-state index in [0.717, 1.165) is 19.1 Å². The van der Waals surface area contributed by atoms with E-state index in [9.17, 15) is 4.79 Å². The number of nitrogens with one attached hydrogen (secondary N) is 1. The third kappa shape index (κ3) is 5.17. The summed E-state index contributed by atoms with van der Waals surface area (Å²) in [6.07, 6.45) is 2.55. The normalized spacial score (nSPS) is 14.0. The highest BCUT2D eigenvalue weighted by atomic mass is 35.5. The summed E-state index contributed by atoms with van der Waals surface area (Å²) in [6.45, 7) is 4.65. The summed E-state index contributed by atoms with van der Waals surface area (Å²) in [7, 11) is 1.77. The number of pyridine rings is 1. The molecular formula is C15H22ClN3O2. The maximum Gasteiger partial charge on any atom is 0.253 e. The summed E-state index contributed by atoms with van der Waals surface area (Å²) in [5.41, 5.74) is 0.538. The van der Waals surface area contributed by atoms with Crippen molar-refractivity contribution in [1.29, 1.82) is 0 Å². The number of aromatic nitrogens is 1. The molecular weight excluding hydrogens is 290 g/mol. The molecule has 5 nitrogen and oxygen atoms in total. The Labute approximate surface area is 130 Å². The standard InChI is InChI=1S/C15H22ClN3O2/c1-3-17-14-9-12(8-13(16)18-14)15(20)19(2)6-7-21-10-11-4-5-11/h8-9,11H,3-7,10H2,1-2H3,(H,17,18). The molecule has 0 saturated heterocycles. The fourth-order valence-electron chi connectivity index (χ4n) is 1.95. The lowest BCUT2D eigenvalue weighted by Crippen LogP contribution is -2.30. The number of amides is 1. The number of hydrogen-bond donors (Lipinski definition) is 1. The molecule has 1 N–H and O–H groups in total. The predicted octanol–water partition coefficient (Wildman–Crippen LogP) is 2.67. The average molecular weight is 312 g/mol. The van der Waals surface area contributed by atoms with E-state index in [0.29, 0.717) is 29.7 Å². The predicted molar refractivity (Wildman–Crippen MR) is 83.9 cm³/mol. The van der Waals surface area contributed by atoms with Crippen LogP contribution in [0.4, 0.5) is 5.82 Å². The van der Waals surface area contributed by atoms with Crippen molar-refractivity contribution >= 4 is 23.3 Å². The van der Waals surface area contributed by atoms with Crippen molar-refractivity contribution in [2.45, 2.75) is 19.8 Å². The molecule has 1 amide bonds. The Morgan fingerprint density at radius 3 is 2.95 bits per heavy atom. The number of halogens is 1. The molecule has 2 rings (SSSR count). The maximum atomic E-state index is 12.3. The van der Waals surface area contributed by atoms with Crippen LogP contribution in [-0.2, 0) is 4.74 Å². The van der Waals surface area contributed by atoms with Crippen LogP contribution in [0.2, 0.25) is 5.15 Å². The van der Waals surface area contributed by atoms with E-state index >= 15 is 0 Å². The number of ether oxygens (including phenoxy) is 1. The molecule has 1 fully saturated rings. The molecule has 21 heavy (non-hydrogen) atoms. The fraction of sp³-hybridized carbons (Fsp3) is 0.600. The van der Waals surface area contributed by atoms with Gasteiger partial charge in [-0.05, 0) is 37.8 Å². The first-order valence-corrected chi connectivity index (χ1v) is 7.72. The molecule has 1 aromatic rings. The molecule has 0 radical (unpaired) electrons. The van der Waals surface area contributed by atoms with E-state index < -0.39 is 0 Å². The lowest BCUT2D eigenvalue weighted by atomic mass is 10.2. The third-order valence-corrected chi connectivity index (χ3v) is 3.56. The van der Waals surface area contributed by atoms with Crippen LogP contribution < -0.4 is 5.32 Å². The highest BCUT2D eigenvalue weighted by Gasteiger charge is 2.21. The monoisotopic (exact) mass is 311 g/mol. The Kier molecular flexibility index (Phi) is 5.82. The summed E-state index contributed by atoms with van der Waals surface area (Å²) in [5, 5.41) is 3.38. The molecule has 1 heterocycles. The van der Waals surface area contributed by atoms with E-state index in [-0.39, 0.29) is 5.91 Å². The second-order valence-corrected chi connectivity index (χ2v) is 5.73. The topological polar surface area (TPSA) is 54.5 Å². The number of carbonyl (C=O) groups excluding carboxylic acids is 1. The third-order valence-electron chi connectivity index (χ3n) is 3.37. The molecule has 0 bridgehead atoms. The van der Waals surface area contributed by atoms with Crippen molar-refractivity contribution in [3.8, 4) is 0 Å². The minimum atomic E-state index is -0.0755. The van der Waals surface area contributed by atoms with Crippen molar-refractivity contribution in [2.75, 3.05) is 38.7 Å². The smallest absolute Gasteiger partial charge is 0.253 e. The molecule has 0 atom stereocenters. The van der Waals surface area contributed by atoms with Gasteiger partial charge < -0.3 is 15.0 Å². The van der Waals surface area contributed by atoms with Crippen LogP contribution in [0.15, 0.2) is 12.1 Å². The van der Waals surface area contributed by atoms with Gasteiger partial charge in [-0.2, -0.15) is 0 Å². The van der Waals surface area contributed by atoms with Crippen molar-refractivity contribution in [3.05, 3.63) is 22.8 Å². The lowest BCUT2D eigenvalue weighted by molar-refractivity contribution is 0.0681. The van der Waals surface area contributed by atoms with Crippen LogP contribution >= 0.6 is 11.6 Å². The summed E-state index contributed by atoms with van der Waals surface area (Å²) >= 11 is 5.96. The average Bonchev–Trinajstić information content (AvgIpc) is 3.26. The van der Waals surface area contributed by atoms with Crippen LogP contribution in [0.1, 0.15) is 30.1 Å². The van der Waals surface area contributed by atoms with Gasteiger partial charge in [0, 0.05) is 32.3 Å².